The van der Waals surface area contributed by atoms with Crippen LogP contribution < -0.4 is 0 Å². The molecule has 0 aliphatic carbocycles. The number of hydrogen-bond donors (Lipinski definition) is 2. The van der Waals surface area contributed by atoms with Crippen molar-refractivity contribution in [3.05, 3.63) is 47.4 Å². The van der Waals surface area contributed by atoms with Crippen LogP contribution in [0, 0.1) is 0 Å². The van der Waals surface area contributed by atoms with Gasteiger partial charge in [0, 0.05) is 5.33 Å². The minimum Gasteiger partial charge on any atom is -0.499 e. The van der Waals surface area contributed by atoms with E-state index in [-0.39, 0.29) is 17.7 Å². The Labute approximate surface area is 118 Å². The molecule has 5 nitrogen and oxygen atoms in total. The van der Waals surface area contributed by atoms with Crippen molar-refractivity contribution in [1.29, 1.82) is 0 Å². The first kappa shape index (κ1) is 13.9. The SMILES string of the molecule is O=C1O[C@H]([C@H](O)CBr)C(OCc2ccccc2)=C1O. The third kappa shape index (κ3) is 3.08. The van der Waals surface area contributed by atoms with Gasteiger partial charge < -0.3 is 19.7 Å². The van der Waals surface area contributed by atoms with Gasteiger partial charge in [0.05, 0.1) is 0 Å². The van der Waals surface area contributed by atoms with Crippen LogP contribution in [0.25, 0.3) is 0 Å². The average Bonchev–Trinajstić information content (AvgIpc) is 2.73. The first-order chi connectivity index (χ1) is 9.13. The second-order valence-corrected chi connectivity index (χ2v) is 4.68. The number of alkyl halides is 1. The predicted molar refractivity (Wildman–Crippen MR) is 70.6 cm³/mol. The molecule has 19 heavy (non-hydrogen) atoms. The molecule has 2 rings (SSSR count). The summed E-state index contributed by atoms with van der Waals surface area (Å²) < 4.78 is 10.3. The first-order valence-corrected chi connectivity index (χ1v) is 6.80. The van der Waals surface area contributed by atoms with Crippen molar-refractivity contribution in [2.45, 2.75) is 18.8 Å². The summed E-state index contributed by atoms with van der Waals surface area (Å²) in [7, 11) is 0. The zero-order chi connectivity index (χ0) is 13.8. The summed E-state index contributed by atoms with van der Waals surface area (Å²) in [5, 5.41) is 19.5. The molecule has 2 N–H and O–H groups in total. The summed E-state index contributed by atoms with van der Waals surface area (Å²) in [5.41, 5.74) is 0.884. The Kier molecular flexibility index (Phi) is 4.44. The lowest BCUT2D eigenvalue weighted by molar-refractivity contribution is -0.146. The lowest BCUT2D eigenvalue weighted by atomic mass is 10.2. The molecule has 0 saturated heterocycles. The number of esters is 1. The maximum Gasteiger partial charge on any atom is 0.378 e. The molecule has 1 aromatic carbocycles. The van der Waals surface area contributed by atoms with Crippen LogP contribution in [0.15, 0.2) is 41.9 Å². The molecule has 1 heterocycles. The molecule has 0 saturated carbocycles. The number of rotatable bonds is 5. The molecule has 1 aliphatic heterocycles. The highest BCUT2D eigenvalue weighted by molar-refractivity contribution is 9.09. The molecule has 0 fully saturated rings. The van der Waals surface area contributed by atoms with Gasteiger partial charge in [0.15, 0.2) is 11.9 Å². The predicted octanol–water partition coefficient (Wildman–Crippen LogP) is 1.65. The smallest absolute Gasteiger partial charge is 0.378 e. The van der Waals surface area contributed by atoms with Gasteiger partial charge in [-0.1, -0.05) is 46.3 Å². The third-order valence-corrected chi connectivity index (χ3v) is 3.33. The normalized spacial score (nSPS) is 20.3. The van der Waals surface area contributed by atoms with Gasteiger partial charge in [-0.3, -0.25) is 0 Å². The second-order valence-electron chi connectivity index (χ2n) is 4.03. The van der Waals surface area contributed by atoms with Crippen molar-refractivity contribution in [3.63, 3.8) is 0 Å². The summed E-state index contributed by atoms with van der Waals surface area (Å²) in [6.45, 7) is 0.183. The maximum absolute atomic E-state index is 11.3. The van der Waals surface area contributed by atoms with Crippen LogP contribution in [0.5, 0.6) is 0 Å². The molecule has 1 aliphatic rings. The standard InChI is InChI=1S/C13H13BrO5/c14-6-9(15)11-12(10(16)13(17)19-11)18-7-8-4-2-1-3-5-8/h1-5,9,11,15-16H,6-7H2/t9-,11-/m1/s1. The number of aliphatic hydroxyl groups is 2. The lowest BCUT2D eigenvalue weighted by Gasteiger charge is -2.18. The van der Waals surface area contributed by atoms with E-state index in [1.807, 2.05) is 30.3 Å². The number of aliphatic hydroxyl groups excluding tert-OH is 2. The number of cyclic esters (lactones) is 1. The zero-order valence-electron chi connectivity index (χ0n) is 9.95. The molecular weight excluding hydrogens is 316 g/mol. The molecule has 0 amide bonds. The molecule has 1 aromatic rings. The second kappa shape index (κ2) is 6.08. The van der Waals surface area contributed by atoms with Crippen LogP contribution >= 0.6 is 15.9 Å². The highest BCUT2D eigenvalue weighted by Gasteiger charge is 2.40. The number of benzene rings is 1. The number of hydrogen-bond acceptors (Lipinski definition) is 5. The summed E-state index contributed by atoms with van der Waals surface area (Å²) in [5.74, 6) is -1.49. The van der Waals surface area contributed by atoms with Crippen molar-refractivity contribution in [3.8, 4) is 0 Å². The van der Waals surface area contributed by atoms with Gasteiger partial charge >= 0.3 is 5.97 Å². The van der Waals surface area contributed by atoms with Gasteiger partial charge in [-0.25, -0.2) is 4.79 Å². The van der Waals surface area contributed by atoms with E-state index in [1.165, 1.54) is 0 Å². The molecule has 0 spiro atoms. The van der Waals surface area contributed by atoms with Crippen LogP contribution in [0.2, 0.25) is 0 Å². The molecule has 0 bridgehead atoms. The maximum atomic E-state index is 11.3. The molecule has 2 atom stereocenters. The van der Waals surface area contributed by atoms with E-state index in [0.29, 0.717) is 0 Å². The fraction of sp³-hybridized carbons (Fsp3) is 0.308. The Bertz CT molecular complexity index is 485. The largest absolute Gasteiger partial charge is 0.499 e. The van der Waals surface area contributed by atoms with Crippen LogP contribution in [-0.4, -0.2) is 33.7 Å². The third-order valence-electron chi connectivity index (χ3n) is 2.66. The van der Waals surface area contributed by atoms with E-state index >= 15 is 0 Å². The van der Waals surface area contributed by atoms with Gasteiger partial charge in [0.1, 0.15) is 12.7 Å². The molecule has 0 aromatic heterocycles. The van der Waals surface area contributed by atoms with E-state index in [1.54, 1.807) is 0 Å². The minimum atomic E-state index is -0.976. The summed E-state index contributed by atoms with van der Waals surface area (Å²) in [4.78, 5) is 11.3. The fourth-order valence-electron chi connectivity index (χ4n) is 1.68. The van der Waals surface area contributed by atoms with Gasteiger partial charge in [0.2, 0.25) is 5.76 Å². The Morgan fingerprint density at radius 3 is 2.68 bits per heavy atom. The molecule has 102 valence electrons. The van der Waals surface area contributed by atoms with Crippen LogP contribution in [0.3, 0.4) is 0 Å². The highest BCUT2D eigenvalue weighted by atomic mass is 79.9. The van der Waals surface area contributed by atoms with Crippen molar-refractivity contribution < 1.29 is 24.5 Å². The van der Waals surface area contributed by atoms with Crippen molar-refractivity contribution in [2.24, 2.45) is 0 Å². The van der Waals surface area contributed by atoms with Crippen LogP contribution in [-0.2, 0) is 20.9 Å². The Balaban J connectivity index is 2.09. The van der Waals surface area contributed by atoms with E-state index in [9.17, 15) is 15.0 Å². The number of ether oxygens (including phenoxy) is 2. The van der Waals surface area contributed by atoms with Gasteiger partial charge in [0.25, 0.3) is 0 Å². The number of carbonyl (C=O) groups excluding carboxylic acids is 1. The van der Waals surface area contributed by atoms with E-state index in [0.717, 1.165) is 5.56 Å². The monoisotopic (exact) mass is 328 g/mol. The fourth-order valence-corrected chi connectivity index (χ4v) is 2.02. The average molecular weight is 329 g/mol. The summed E-state index contributed by atoms with van der Waals surface area (Å²) in [6, 6.07) is 9.29. The van der Waals surface area contributed by atoms with Crippen molar-refractivity contribution in [2.75, 3.05) is 5.33 Å². The quantitative estimate of drug-likeness (QED) is 0.635. The highest BCUT2D eigenvalue weighted by Crippen LogP contribution is 2.26. The Morgan fingerprint density at radius 1 is 1.37 bits per heavy atom. The number of carbonyl (C=O) groups is 1. The van der Waals surface area contributed by atoms with Crippen LogP contribution in [0.4, 0.5) is 0 Å². The van der Waals surface area contributed by atoms with E-state index in [4.69, 9.17) is 9.47 Å². The summed E-state index contributed by atoms with van der Waals surface area (Å²) >= 11 is 3.09. The first-order valence-electron chi connectivity index (χ1n) is 5.68. The lowest BCUT2D eigenvalue weighted by Crippen LogP contribution is -2.30. The minimum absolute atomic E-state index is 0.0270. The topological polar surface area (TPSA) is 76.0 Å². The Morgan fingerprint density at radius 2 is 2.05 bits per heavy atom. The van der Waals surface area contributed by atoms with Gasteiger partial charge in [-0.2, -0.15) is 0 Å². The molecule has 0 unspecified atom stereocenters. The zero-order valence-corrected chi connectivity index (χ0v) is 11.5. The van der Waals surface area contributed by atoms with E-state index in [2.05, 4.69) is 15.9 Å². The number of halogens is 1. The van der Waals surface area contributed by atoms with Gasteiger partial charge in [-0.15, -0.1) is 0 Å². The van der Waals surface area contributed by atoms with Gasteiger partial charge in [-0.05, 0) is 5.56 Å². The van der Waals surface area contributed by atoms with Crippen molar-refractivity contribution in [1.82, 2.24) is 0 Å². The molecule has 6 heteroatoms. The van der Waals surface area contributed by atoms with Crippen molar-refractivity contribution >= 4 is 21.9 Å². The molecule has 0 radical (unpaired) electrons. The summed E-state index contributed by atoms with van der Waals surface area (Å²) in [6.07, 6.45) is -1.95. The molecular formula is C13H13BrO5. The van der Waals surface area contributed by atoms with E-state index < -0.39 is 23.9 Å². The van der Waals surface area contributed by atoms with Crippen LogP contribution in [0.1, 0.15) is 5.56 Å². The Hall–Kier alpha value is -1.53.